The average molecular weight is 207 g/mol. The van der Waals surface area contributed by atoms with E-state index in [1.807, 2.05) is 0 Å². The number of rotatable bonds is 4. The maximum absolute atomic E-state index is 5.75. The number of nitrogens with zero attached hydrogens (tertiary/aromatic N) is 2. The molecule has 0 aliphatic heterocycles. The van der Waals surface area contributed by atoms with Crippen LogP contribution >= 0.6 is 0 Å². The lowest BCUT2D eigenvalue weighted by atomic mass is 10.3. The van der Waals surface area contributed by atoms with Crippen LogP contribution in [-0.2, 0) is 6.42 Å². The fourth-order valence-electron chi connectivity index (χ4n) is 1.86. The van der Waals surface area contributed by atoms with Crippen molar-refractivity contribution in [3.8, 4) is 5.75 Å². The highest BCUT2D eigenvalue weighted by atomic mass is 16.5. The van der Waals surface area contributed by atoms with Crippen molar-refractivity contribution in [3.63, 3.8) is 0 Å². The molecule has 4 nitrogen and oxygen atoms in total. The Labute approximate surface area is 89.9 Å². The third-order valence-corrected chi connectivity index (χ3v) is 2.65. The number of hydrogen-bond donors (Lipinski definition) is 1. The van der Waals surface area contributed by atoms with Crippen LogP contribution in [0, 0.1) is 0 Å². The van der Waals surface area contributed by atoms with Crippen molar-refractivity contribution in [1.29, 1.82) is 0 Å². The van der Waals surface area contributed by atoms with Crippen molar-refractivity contribution in [2.45, 2.75) is 38.2 Å². The molecule has 1 aromatic heterocycles. The van der Waals surface area contributed by atoms with E-state index >= 15 is 0 Å². The lowest BCUT2D eigenvalue weighted by Crippen LogP contribution is -2.12. The zero-order chi connectivity index (χ0) is 10.5. The largest absolute Gasteiger partial charge is 0.487 e. The molecule has 1 aliphatic rings. The van der Waals surface area contributed by atoms with Gasteiger partial charge < -0.3 is 10.5 Å². The maximum Gasteiger partial charge on any atom is 0.156 e. The smallest absolute Gasteiger partial charge is 0.156 e. The van der Waals surface area contributed by atoms with Crippen LogP contribution in [-0.4, -0.2) is 22.6 Å². The van der Waals surface area contributed by atoms with Crippen molar-refractivity contribution in [2.24, 2.45) is 5.73 Å². The highest BCUT2D eigenvalue weighted by Crippen LogP contribution is 2.22. The molecule has 0 bridgehead atoms. The highest BCUT2D eigenvalue weighted by Gasteiger charge is 2.16. The molecule has 0 aromatic carbocycles. The summed E-state index contributed by atoms with van der Waals surface area (Å²) in [5.41, 5.74) is 5.42. The zero-order valence-electron chi connectivity index (χ0n) is 8.85. The van der Waals surface area contributed by atoms with Crippen molar-refractivity contribution in [2.75, 3.05) is 6.54 Å². The Bertz CT molecular complexity index is 293. The Hall–Kier alpha value is -1.16. The molecule has 2 N–H and O–H groups in total. The average Bonchev–Trinajstić information content (AvgIpc) is 2.74. The molecule has 15 heavy (non-hydrogen) atoms. The molecule has 1 heterocycles. The van der Waals surface area contributed by atoms with Crippen LogP contribution in [0.4, 0.5) is 0 Å². The Morgan fingerprint density at radius 2 is 1.93 bits per heavy atom. The van der Waals surface area contributed by atoms with Gasteiger partial charge in [0.1, 0.15) is 5.82 Å². The molecular formula is C11H17N3O. The fourth-order valence-corrected chi connectivity index (χ4v) is 1.86. The summed E-state index contributed by atoms with van der Waals surface area (Å²) in [6.45, 7) is 0.586. The van der Waals surface area contributed by atoms with Crippen LogP contribution in [0.5, 0.6) is 5.75 Å². The van der Waals surface area contributed by atoms with E-state index in [-0.39, 0.29) is 0 Å². The molecule has 0 amide bonds. The Kier molecular flexibility index (Phi) is 3.50. The first-order chi connectivity index (χ1) is 7.38. The lowest BCUT2D eigenvalue weighted by Gasteiger charge is -2.12. The van der Waals surface area contributed by atoms with Gasteiger partial charge in [0.05, 0.1) is 18.5 Å². The van der Waals surface area contributed by atoms with E-state index < -0.39 is 0 Å². The quantitative estimate of drug-likeness (QED) is 0.808. The Morgan fingerprint density at radius 3 is 2.53 bits per heavy atom. The molecule has 0 unspecified atom stereocenters. The van der Waals surface area contributed by atoms with Crippen LogP contribution in [0.3, 0.4) is 0 Å². The van der Waals surface area contributed by atoms with Gasteiger partial charge in [0, 0.05) is 6.42 Å². The van der Waals surface area contributed by atoms with E-state index in [9.17, 15) is 0 Å². The second-order valence-electron chi connectivity index (χ2n) is 3.90. The monoisotopic (exact) mass is 207 g/mol. The van der Waals surface area contributed by atoms with Gasteiger partial charge in [0.15, 0.2) is 5.75 Å². The minimum atomic E-state index is 0.369. The third kappa shape index (κ3) is 2.89. The summed E-state index contributed by atoms with van der Waals surface area (Å²) in [4.78, 5) is 8.39. The van der Waals surface area contributed by atoms with E-state index in [2.05, 4.69) is 9.97 Å². The molecule has 82 valence electrons. The molecule has 0 spiro atoms. The third-order valence-electron chi connectivity index (χ3n) is 2.65. The van der Waals surface area contributed by atoms with Gasteiger partial charge in [-0.05, 0) is 32.2 Å². The highest BCUT2D eigenvalue weighted by molar-refractivity contribution is 5.13. The van der Waals surface area contributed by atoms with Crippen LogP contribution in [0.1, 0.15) is 31.5 Å². The summed E-state index contributed by atoms with van der Waals surface area (Å²) >= 11 is 0. The standard InChI is InChI=1S/C11H17N3O/c12-6-5-11-13-7-10(8-14-11)15-9-3-1-2-4-9/h7-9H,1-6,12H2. The van der Waals surface area contributed by atoms with Crippen molar-refractivity contribution >= 4 is 0 Å². The molecule has 1 fully saturated rings. The van der Waals surface area contributed by atoms with E-state index in [0.29, 0.717) is 12.6 Å². The predicted octanol–water partition coefficient (Wildman–Crippen LogP) is 1.30. The van der Waals surface area contributed by atoms with Gasteiger partial charge in [0.2, 0.25) is 0 Å². The van der Waals surface area contributed by atoms with Gasteiger partial charge in [-0.1, -0.05) is 0 Å². The van der Waals surface area contributed by atoms with Crippen molar-refractivity contribution in [3.05, 3.63) is 18.2 Å². The van der Waals surface area contributed by atoms with E-state index in [4.69, 9.17) is 10.5 Å². The minimum Gasteiger partial charge on any atom is -0.487 e. The maximum atomic E-state index is 5.75. The molecule has 4 heteroatoms. The van der Waals surface area contributed by atoms with Crippen LogP contribution in [0.2, 0.25) is 0 Å². The molecule has 2 rings (SSSR count). The first-order valence-corrected chi connectivity index (χ1v) is 5.56. The summed E-state index contributed by atoms with van der Waals surface area (Å²) in [7, 11) is 0. The zero-order valence-corrected chi connectivity index (χ0v) is 8.85. The Morgan fingerprint density at radius 1 is 1.27 bits per heavy atom. The molecule has 0 atom stereocenters. The van der Waals surface area contributed by atoms with Crippen LogP contribution < -0.4 is 10.5 Å². The number of nitrogens with two attached hydrogens (primary N) is 1. The molecule has 0 radical (unpaired) electrons. The van der Waals surface area contributed by atoms with Gasteiger partial charge in [-0.2, -0.15) is 0 Å². The number of hydrogen-bond acceptors (Lipinski definition) is 4. The summed E-state index contributed by atoms with van der Waals surface area (Å²) in [5, 5.41) is 0. The second-order valence-corrected chi connectivity index (χ2v) is 3.90. The summed E-state index contributed by atoms with van der Waals surface area (Å²) in [6.07, 6.45) is 9.45. The van der Waals surface area contributed by atoms with Gasteiger partial charge in [0.25, 0.3) is 0 Å². The Balaban J connectivity index is 1.91. The van der Waals surface area contributed by atoms with Crippen molar-refractivity contribution in [1.82, 2.24) is 9.97 Å². The van der Waals surface area contributed by atoms with E-state index in [1.165, 1.54) is 12.8 Å². The predicted molar refractivity (Wildman–Crippen MR) is 57.7 cm³/mol. The SMILES string of the molecule is NCCc1ncc(OC2CCCC2)cn1. The first-order valence-electron chi connectivity index (χ1n) is 5.56. The summed E-state index contributed by atoms with van der Waals surface area (Å²) in [6, 6.07) is 0. The van der Waals surface area contributed by atoms with E-state index in [0.717, 1.165) is 30.8 Å². The van der Waals surface area contributed by atoms with Gasteiger partial charge in [-0.15, -0.1) is 0 Å². The number of aromatic nitrogens is 2. The normalized spacial score (nSPS) is 16.9. The van der Waals surface area contributed by atoms with Gasteiger partial charge in [-0.3, -0.25) is 0 Å². The van der Waals surface area contributed by atoms with Gasteiger partial charge >= 0.3 is 0 Å². The molecule has 1 saturated carbocycles. The number of ether oxygens (including phenoxy) is 1. The van der Waals surface area contributed by atoms with Crippen LogP contribution in [0.15, 0.2) is 12.4 Å². The minimum absolute atomic E-state index is 0.369. The topological polar surface area (TPSA) is 61.0 Å². The molecule has 0 saturated heterocycles. The second kappa shape index (κ2) is 5.07. The first kappa shape index (κ1) is 10.4. The molecule has 1 aromatic rings. The molecule has 1 aliphatic carbocycles. The van der Waals surface area contributed by atoms with Gasteiger partial charge in [-0.25, -0.2) is 9.97 Å². The lowest BCUT2D eigenvalue weighted by molar-refractivity contribution is 0.208. The fraction of sp³-hybridized carbons (Fsp3) is 0.636. The van der Waals surface area contributed by atoms with Crippen molar-refractivity contribution < 1.29 is 4.74 Å². The summed E-state index contributed by atoms with van der Waals surface area (Å²) in [5.74, 6) is 1.57. The summed E-state index contributed by atoms with van der Waals surface area (Å²) < 4.78 is 5.75. The van der Waals surface area contributed by atoms with Crippen LogP contribution in [0.25, 0.3) is 0 Å². The molecular weight excluding hydrogens is 190 g/mol. The van der Waals surface area contributed by atoms with E-state index in [1.54, 1.807) is 12.4 Å².